The molecule has 0 aliphatic heterocycles. The highest BCUT2D eigenvalue weighted by molar-refractivity contribution is 5.76. The van der Waals surface area contributed by atoms with Crippen molar-refractivity contribution in [3.05, 3.63) is 35.9 Å². The Morgan fingerprint density at radius 1 is 1.25 bits per heavy atom. The van der Waals surface area contributed by atoms with Crippen LogP contribution in [0.5, 0.6) is 0 Å². The summed E-state index contributed by atoms with van der Waals surface area (Å²) < 4.78 is 0. The van der Waals surface area contributed by atoms with Gasteiger partial charge in [-0.05, 0) is 12.1 Å². The lowest BCUT2D eigenvalue weighted by molar-refractivity contribution is -0.130. The van der Waals surface area contributed by atoms with E-state index < -0.39 is 0 Å². The van der Waals surface area contributed by atoms with Gasteiger partial charge >= 0.3 is 0 Å². The molecular weight excluding hydrogens is 250 g/mol. The molecule has 20 heavy (non-hydrogen) atoms. The predicted octanol–water partition coefficient (Wildman–Crippen LogP) is 2.27. The minimum Gasteiger partial charge on any atom is -0.345 e. The minimum atomic E-state index is 0.103. The first-order valence-corrected chi connectivity index (χ1v) is 7.04. The maximum absolute atomic E-state index is 11.9. The van der Waals surface area contributed by atoms with Crippen molar-refractivity contribution in [1.82, 2.24) is 9.80 Å². The second-order valence-corrected chi connectivity index (χ2v) is 4.83. The lowest BCUT2D eigenvalue weighted by Crippen LogP contribution is -2.32. The highest BCUT2D eigenvalue weighted by Gasteiger charge is 2.11. The summed E-state index contributed by atoms with van der Waals surface area (Å²) in [5.41, 5.74) is 1.26. The molecule has 0 atom stereocenters. The van der Waals surface area contributed by atoms with E-state index in [0.29, 0.717) is 19.4 Å². The summed E-state index contributed by atoms with van der Waals surface area (Å²) >= 11 is 0. The van der Waals surface area contributed by atoms with Gasteiger partial charge in [-0.15, -0.1) is 0 Å². The van der Waals surface area contributed by atoms with Gasteiger partial charge in [-0.25, -0.2) is 0 Å². The molecule has 0 bridgehead atoms. The van der Waals surface area contributed by atoms with Crippen molar-refractivity contribution >= 4 is 5.91 Å². The van der Waals surface area contributed by atoms with Crippen LogP contribution in [0.25, 0.3) is 0 Å². The first kappa shape index (κ1) is 16.2. The fourth-order valence-electron chi connectivity index (χ4n) is 1.98. The Bertz CT molecular complexity index is 439. The van der Waals surface area contributed by atoms with Crippen molar-refractivity contribution in [3.8, 4) is 6.07 Å². The Morgan fingerprint density at radius 2 is 1.95 bits per heavy atom. The first-order chi connectivity index (χ1) is 9.67. The largest absolute Gasteiger partial charge is 0.345 e. The van der Waals surface area contributed by atoms with Crippen molar-refractivity contribution in [2.75, 3.05) is 26.7 Å². The van der Waals surface area contributed by atoms with Crippen LogP contribution in [0.4, 0.5) is 0 Å². The number of nitriles is 1. The third kappa shape index (κ3) is 5.85. The molecule has 0 heterocycles. The molecule has 0 unspecified atom stereocenters. The fourth-order valence-corrected chi connectivity index (χ4v) is 1.98. The van der Waals surface area contributed by atoms with Gasteiger partial charge in [0.05, 0.1) is 12.5 Å². The molecule has 0 aliphatic rings. The van der Waals surface area contributed by atoms with Crippen molar-refractivity contribution in [1.29, 1.82) is 5.26 Å². The second-order valence-electron chi connectivity index (χ2n) is 4.83. The molecule has 1 aromatic rings. The molecular formula is C16H23N3O. The summed E-state index contributed by atoms with van der Waals surface area (Å²) in [5, 5.41) is 8.52. The average molecular weight is 273 g/mol. The Balaban J connectivity index is 2.38. The molecule has 0 aliphatic carbocycles. The molecule has 0 N–H and O–H groups in total. The zero-order valence-corrected chi connectivity index (χ0v) is 12.4. The average Bonchev–Trinajstić information content (AvgIpc) is 2.49. The summed E-state index contributed by atoms with van der Waals surface area (Å²) in [5.74, 6) is 0.103. The summed E-state index contributed by atoms with van der Waals surface area (Å²) in [6.07, 6.45) is 0.895. The number of hydrogen-bond donors (Lipinski definition) is 0. The van der Waals surface area contributed by atoms with Crippen LogP contribution < -0.4 is 0 Å². The number of benzene rings is 1. The smallest absolute Gasteiger partial charge is 0.223 e. The fraction of sp³-hybridized carbons (Fsp3) is 0.500. The second kappa shape index (κ2) is 9.11. The zero-order chi connectivity index (χ0) is 14.8. The zero-order valence-electron chi connectivity index (χ0n) is 12.4. The molecule has 108 valence electrons. The Labute approximate surface area is 121 Å². The maximum Gasteiger partial charge on any atom is 0.223 e. The monoisotopic (exact) mass is 273 g/mol. The molecule has 1 rings (SSSR count). The van der Waals surface area contributed by atoms with Crippen molar-refractivity contribution in [3.63, 3.8) is 0 Å². The summed E-state index contributed by atoms with van der Waals surface area (Å²) in [6, 6.07) is 12.3. The molecule has 4 heteroatoms. The van der Waals surface area contributed by atoms with E-state index in [9.17, 15) is 4.79 Å². The van der Waals surface area contributed by atoms with Gasteiger partial charge in [0.25, 0.3) is 0 Å². The van der Waals surface area contributed by atoms with Gasteiger partial charge < -0.3 is 4.90 Å². The van der Waals surface area contributed by atoms with E-state index in [2.05, 4.69) is 30.0 Å². The van der Waals surface area contributed by atoms with Crippen molar-refractivity contribution in [2.24, 2.45) is 0 Å². The van der Waals surface area contributed by atoms with Crippen LogP contribution >= 0.6 is 0 Å². The molecule has 4 nitrogen and oxygen atoms in total. The van der Waals surface area contributed by atoms with Crippen LogP contribution in [0.1, 0.15) is 25.3 Å². The van der Waals surface area contributed by atoms with Crippen LogP contribution in [0.3, 0.4) is 0 Å². The summed E-state index contributed by atoms with van der Waals surface area (Å²) in [7, 11) is 1.76. The molecule has 1 amide bonds. The van der Waals surface area contributed by atoms with Gasteiger partial charge in [0.1, 0.15) is 0 Å². The van der Waals surface area contributed by atoms with Gasteiger partial charge in [0.2, 0.25) is 5.91 Å². The van der Waals surface area contributed by atoms with Crippen LogP contribution in [-0.2, 0) is 11.3 Å². The normalized spacial score (nSPS) is 10.3. The first-order valence-electron chi connectivity index (χ1n) is 7.04. The van der Waals surface area contributed by atoms with Crippen LogP contribution in [0.2, 0.25) is 0 Å². The van der Waals surface area contributed by atoms with E-state index in [-0.39, 0.29) is 5.91 Å². The van der Waals surface area contributed by atoms with Gasteiger partial charge in [0, 0.05) is 33.1 Å². The molecule has 0 fully saturated rings. The number of carbonyl (C=O) groups is 1. The molecule has 0 radical (unpaired) electrons. The Morgan fingerprint density at radius 3 is 2.55 bits per heavy atom. The number of carbonyl (C=O) groups excluding carboxylic acids is 1. The standard InChI is InChI=1S/C16H23N3O/c1-3-19(14-15-8-5-4-6-9-15)13-10-16(20)18(2)12-7-11-17/h4-6,8-9H,3,7,10,12-14H2,1-2H3. The van der Waals surface area contributed by atoms with E-state index in [4.69, 9.17) is 5.26 Å². The Kier molecular flexibility index (Phi) is 7.38. The number of nitrogens with zero attached hydrogens (tertiary/aromatic N) is 3. The lowest BCUT2D eigenvalue weighted by atomic mass is 10.2. The van der Waals surface area contributed by atoms with Crippen LogP contribution in [-0.4, -0.2) is 42.4 Å². The predicted molar refractivity (Wildman–Crippen MR) is 79.9 cm³/mol. The van der Waals surface area contributed by atoms with E-state index in [1.165, 1.54) is 5.56 Å². The van der Waals surface area contributed by atoms with Gasteiger partial charge in [-0.3, -0.25) is 9.69 Å². The number of amides is 1. The number of rotatable bonds is 8. The van der Waals surface area contributed by atoms with E-state index >= 15 is 0 Å². The Hall–Kier alpha value is -1.86. The SMILES string of the molecule is CCN(CCC(=O)N(C)CCC#N)Cc1ccccc1. The van der Waals surface area contributed by atoms with Crippen molar-refractivity contribution < 1.29 is 4.79 Å². The topological polar surface area (TPSA) is 47.3 Å². The van der Waals surface area contributed by atoms with Gasteiger partial charge in [0.15, 0.2) is 0 Å². The summed E-state index contributed by atoms with van der Waals surface area (Å²) in [4.78, 5) is 15.8. The van der Waals surface area contributed by atoms with E-state index in [1.54, 1.807) is 11.9 Å². The summed E-state index contributed by atoms with van der Waals surface area (Å²) in [6.45, 7) is 5.16. The van der Waals surface area contributed by atoms with Crippen molar-refractivity contribution in [2.45, 2.75) is 26.3 Å². The molecule has 0 saturated heterocycles. The van der Waals surface area contributed by atoms with Gasteiger partial charge in [-0.1, -0.05) is 37.3 Å². The van der Waals surface area contributed by atoms with Crippen LogP contribution in [0, 0.1) is 11.3 Å². The number of hydrogen-bond acceptors (Lipinski definition) is 3. The van der Waals surface area contributed by atoms with Crippen LogP contribution in [0.15, 0.2) is 30.3 Å². The molecule has 0 aromatic heterocycles. The quantitative estimate of drug-likeness (QED) is 0.730. The highest BCUT2D eigenvalue weighted by atomic mass is 16.2. The lowest BCUT2D eigenvalue weighted by Gasteiger charge is -2.22. The maximum atomic E-state index is 11.9. The third-order valence-electron chi connectivity index (χ3n) is 3.32. The third-order valence-corrected chi connectivity index (χ3v) is 3.32. The van der Waals surface area contributed by atoms with E-state index in [1.807, 2.05) is 18.2 Å². The molecule has 1 aromatic carbocycles. The highest BCUT2D eigenvalue weighted by Crippen LogP contribution is 2.05. The molecule has 0 saturated carbocycles. The molecule has 0 spiro atoms. The van der Waals surface area contributed by atoms with E-state index in [0.717, 1.165) is 19.6 Å². The minimum absolute atomic E-state index is 0.103. The van der Waals surface area contributed by atoms with Gasteiger partial charge in [-0.2, -0.15) is 5.26 Å².